The number of nitrogens with one attached hydrogen (secondary N) is 2. The number of carbonyl (C=O) groups excluding carboxylic acids is 1. The molecule has 4 aliphatic heterocycles. The minimum atomic E-state index is -4.65. The number of aliphatic hydroxyl groups is 5. The van der Waals surface area contributed by atoms with E-state index in [1.165, 1.54) is 14.0 Å². The second-order valence-electron chi connectivity index (χ2n) is 23.0. The predicted octanol–water partition coefficient (Wildman–Crippen LogP) is 5.19. The van der Waals surface area contributed by atoms with Crippen molar-refractivity contribution in [1.29, 1.82) is 0 Å². The molecule has 4 fully saturated rings. The molecule has 0 radical (unpaired) electrons. The summed E-state index contributed by atoms with van der Waals surface area (Å²) in [5.41, 5.74) is -7.60. The van der Waals surface area contributed by atoms with E-state index in [4.69, 9.17) is 28.4 Å². The number of β-amino-alcohol motifs (C(OH)–C–C–N with tert-alkyl or cyclic N) is 1. The zero-order valence-corrected chi connectivity index (χ0v) is 46.6. The second kappa shape index (κ2) is 24.8. The predicted molar refractivity (Wildman–Crippen MR) is 271 cm³/mol. The Morgan fingerprint density at radius 1 is 0.946 bits per heavy atom. The van der Waals surface area contributed by atoms with Crippen LogP contribution in [0.25, 0.3) is 0 Å². The van der Waals surface area contributed by atoms with Crippen LogP contribution in [0.3, 0.4) is 0 Å². The van der Waals surface area contributed by atoms with Gasteiger partial charge < -0.3 is 64.2 Å². The zero-order valence-electron chi connectivity index (χ0n) is 45.8. The number of hydrogen-bond donors (Lipinski definition) is 7. The fraction of sp³-hybridized carbons (Fsp3) is 0.865. The number of benzene rings is 1. The number of alkyl halides is 3. The van der Waals surface area contributed by atoms with Gasteiger partial charge in [0.05, 0.1) is 47.5 Å². The van der Waals surface area contributed by atoms with Gasteiger partial charge in [-0.1, -0.05) is 41.0 Å². The van der Waals surface area contributed by atoms with E-state index < -0.39 is 130 Å². The topological polar surface area (TPSA) is 238 Å². The van der Waals surface area contributed by atoms with Gasteiger partial charge in [-0.3, -0.25) is 9.52 Å². The molecule has 4 aliphatic rings. The van der Waals surface area contributed by atoms with E-state index in [0.717, 1.165) is 60.9 Å². The van der Waals surface area contributed by atoms with Crippen LogP contribution in [-0.2, 0) is 49.6 Å². The maximum absolute atomic E-state index is 14.7. The summed E-state index contributed by atoms with van der Waals surface area (Å²) in [4.78, 5) is 16.8. The fourth-order valence-electron chi connectivity index (χ4n) is 11.7. The van der Waals surface area contributed by atoms with Gasteiger partial charge in [-0.2, -0.15) is 25.9 Å². The van der Waals surface area contributed by atoms with E-state index in [1.807, 2.05) is 6.92 Å². The van der Waals surface area contributed by atoms with Crippen molar-refractivity contribution in [3.8, 4) is 0 Å². The number of carbonyl (C=O) groups is 1. The number of rotatable bonds is 14. The summed E-state index contributed by atoms with van der Waals surface area (Å²) in [5, 5.41) is 64.4. The van der Waals surface area contributed by atoms with Gasteiger partial charge in [0.15, 0.2) is 12.6 Å². The van der Waals surface area contributed by atoms with E-state index in [0.29, 0.717) is 0 Å². The lowest BCUT2D eigenvalue weighted by atomic mass is 9.74. The summed E-state index contributed by atoms with van der Waals surface area (Å²) in [6.07, 6.45) is -12.8. The summed E-state index contributed by atoms with van der Waals surface area (Å²) in [6.45, 7) is 22.2. The molecule has 0 aromatic heterocycles. The number of anilines is 1. The number of esters is 1. The summed E-state index contributed by atoms with van der Waals surface area (Å²) < 4.78 is 111. The van der Waals surface area contributed by atoms with Gasteiger partial charge in [0.2, 0.25) is 0 Å². The molecule has 0 amide bonds. The smallest absolute Gasteiger partial charge is 0.416 e. The highest BCUT2D eigenvalue weighted by atomic mass is 32.2. The fourth-order valence-corrected chi connectivity index (χ4v) is 13.3. The molecule has 10 unspecified atom stereocenters. The monoisotopic (exact) mass is 1080 g/mol. The number of ether oxygens (including phenoxy) is 6. The molecule has 1 aromatic rings. The van der Waals surface area contributed by atoms with Crippen LogP contribution in [0.15, 0.2) is 24.3 Å². The van der Waals surface area contributed by atoms with Crippen LogP contribution in [0.1, 0.15) is 134 Å². The van der Waals surface area contributed by atoms with Crippen LogP contribution in [0.5, 0.6) is 0 Å². The summed E-state index contributed by atoms with van der Waals surface area (Å²) in [7, 11) is -3.07. The Balaban J connectivity index is 1.57. The van der Waals surface area contributed by atoms with Crippen LogP contribution in [-0.4, -0.2) is 179 Å². The molecule has 74 heavy (non-hydrogen) atoms. The number of piperidine rings is 1. The lowest BCUT2D eigenvalue weighted by Gasteiger charge is -2.55. The highest BCUT2D eigenvalue weighted by molar-refractivity contribution is 7.90. The molecular weight excluding hydrogens is 994 g/mol. The van der Waals surface area contributed by atoms with Gasteiger partial charge in [-0.25, -0.2) is 0 Å². The molecule has 0 aliphatic carbocycles. The van der Waals surface area contributed by atoms with Crippen molar-refractivity contribution >= 4 is 21.9 Å². The molecule has 0 spiro atoms. The molecule has 0 bridgehead atoms. The van der Waals surface area contributed by atoms with Gasteiger partial charge in [-0.15, -0.1) is 0 Å². The van der Waals surface area contributed by atoms with Crippen molar-refractivity contribution in [2.75, 3.05) is 44.6 Å². The first kappa shape index (κ1) is 62.6. The molecule has 1 aromatic carbocycles. The van der Waals surface area contributed by atoms with Crippen LogP contribution in [0, 0.1) is 23.7 Å². The highest BCUT2D eigenvalue weighted by Gasteiger charge is 2.59. The standard InChI is InChI=1S/C52H89F3N4O14S/c1-14-40-50(12,64)44(61)35(8)56-27-31(4)25-48(10,63)45(33(6)43(34(7)46(62)71-40)72-41-26-49(11,68-13)51(65,36(9)70-41)29-58-22-16-15-17-23-58)73-47-42(60)39(24-32(5)69-47)59(28-30(2)3)74(66,67)57-38-20-18-37(19-21-38)52(53,54)55/h18-21,30-36,39-45,47,56-57,60-61,63-65H,14-17,22-29H2,1-13H3/t31?,32-,33?,34?,35?,36+,39+,40?,41+,42-,43?,44?,45?,47+,48?,49-,50?,51+/m1/s1. The van der Waals surface area contributed by atoms with E-state index in [2.05, 4.69) is 14.9 Å². The molecule has 5 rings (SSSR count). The SMILES string of the molecule is CCC1OC(=O)C(C)C(O[C@H]2C[C@@](C)(OC)[C@](O)(CN3CCCCC3)[C@H](C)O2)C(C)C(O[C@@H]2O[C@H](C)C[C@H](N(CC(C)C)S(=O)(=O)Nc3ccc(C(F)(F)F)cc3)[C@H]2O)C(C)(O)CC(C)CNC(C)C(O)C1(C)O. The molecule has 0 saturated carbocycles. The Hall–Kier alpha value is -2.29. The number of likely N-dealkylation sites (tertiary alicyclic amines) is 1. The number of methoxy groups -OCH3 is 1. The van der Waals surface area contributed by atoms with Crippen LogP contribution in [0.4, 0.5) is 18.9 Å². The minimum absolute atomic E-state index is 0.00548. The average Bonchev–Trinajstić information content (AvgIpc) is 3.31. The van der Waals surface area contributed by atoms with E-state index in [1.54, 1.807) is 69.2 Å². The quantitative estimate of drug-likeness (QED) is 0.119. The molecule has 18 nitrogen and oxygen atoms in total. The van der Waals surface area contributed by atoms with Crippen LogP contribution >= 0.6 is 0 Å². The maximum atomic E-state index is 14.7. The highest BCUT2D eigenvalue weighted by Crippen LogP contribution is 2.44. The van der Waals surface area contributed by atoms with Gasteiger partial charge in [0.25, 0.3) is 0 Å². The van der Waals surface area contributed by atoms with Gasteiger partial charge in [0, 0.05) is 44.3 Å². The summed E-state index contributed by atoms with van der Waals surface area (Å²) in [6, 6.07) is 1.60. The van der Waals surface area contributed by atoms with Gasteiger partial charge in [-0.05, 0) is 136 Å². The van der Waals surface area contributed by atoms with Gasteiger partial charge in [0.1, 0.15) is 35.1 Å². The Morgan fingerprint density at radius 2 is 1.57 bits per heavy atom. The third kappa shape index (κ3) is 14.5. The Kier molecular flexibility index (Phi) is 21.0. The lowest BCUT2D eigenvalue weighted by molar-refractivity contribution is -0.339. The minimum Gasteiger partial charge on any atom is -0.459 e. The van der Waals surface area contributed by atoms with Crippen molar-refractivity contribution in [3.05, 3.63) is 29.8 Å². The van der Waals surface area contributed by atoms with E-state index >= 15 is 0 Å². The van der Waals surface area contributed by atoms with Crippen molar-refractivity contribution in [1.82, 2.24) is 14.5 Å². The number of nitrogens with zero attached hydrogens (tertiary/aromatic N) is 2. The molecular formula is C52H89F3N4O14S. The molecule has 4 saturated heterocycles. The molecule has 22 heteroatoms. The number of cyclic esters (lactones) is 1. The van der Waals surface area contributed by atoms with Crippen molar-refractivity contribution in [3.63, 3.8) is 0 Å². The number of hydrogen-bond acceptors (Lipinski definition) is 16. The van der Waals surface area contributed by atoms with Crippen molar-refractivity contribution in [2.45, 2.75) is 224 Å². The normalized spacial score (nSPS) is 41.1. The molecule has 4 heterocycles. The molecule has 7 N–H and O–H groups in total. The Bertz CT molecular complexity index is 2070. The van der Waals surface area contributed by atoms with Crippen LogP contribution < -0.4 is 10.0 Å². The number of halogens is 3. The molecule has 18 atom stereocenters. The van der Waals surface area contributed by atoms with E-state index in [9.17, 15) is 51.9 Å². The second-order valence-corrected chi connectivity index (χ2v) is 24.7. The Labute approximate surface area is 437 Å². The van der Waals surface area contributed by atoms with Crippen molar-refractivity contribution in [2.24, 2.45) is 23.7 Å². The zero-order chi connectivity index (χ0) is 55.5. The van der Waals surface area contributed by atoms with E-state index in [-0.39, 0.29) is 62.8 Å². The van der Waals surface area contributed by atoms with Crippen molar-refractivity contribution < 1.29 is 80.3 Å². The van der Waals surface area contributed by atoms with Crippen LogP contribution in [0.2, 0.25) is 0 Å². The lowest BCUT2D eigenvalue weighted by Crippen LogP contribution is -2.70. The average molecular weight is 1080 g/mol. The third-order valence-corrected chi connectivity index (χ3v) is 17.7. The first-order chi connectivity index (χ1) is 34.2. The largest absolute Gasteiger partial charge is 0.459 e. The molecule has 428 valence electrons. The third-order valence-electron chi connectivity index (χ3n) is 16.1. The summed E-state index contributed by atoms with van der Waals surface area (Å²) >= 11 is 0. The Morgan fingerprint density at radius 3 is 2.14 bits per heavy atom. The first-order valence-corrected chi connectivity index (χ1v) is 28.0. The maximum Gasteiger partial charge on any atom is 0.416 e. The van der Waals surface area contributed by atoms with Gasteiger partial charge >= 0.3 is 22.4 Å². The summed E-state index contributed by atoms with van der Waals surface area (Å²) in [5.74, 6) is -3.69. The first-order valence-electron chi connectivity index (χ1n) is 26.5. The number of aliphatic hydroxyl groups excluding tert-OH is 2.